The number of hydrogen-bond donors (Lipinski definition) is 0. The Morgan fingerprint density at radius 2 is 1.81 bits per heavy atom. The normalized spacial score (nSPS) is 15.6. The third kappa shape index (κ3) is 3.54. The van der Waals surface area contributed by atoms with Gasteiger partial charge in [-0.1, -0.05) is 18.2 Å². The monoisotopic (exact) mass is 366 g/mol. The van der Waals surface area contributed by atoms with Gasteiger partial charge in [-0.3, -0.25) is 9.69 Å². The second-order valence-corrected chi connectivity index (χ2v) is 6.97. The number of rotatable bonds is 5. The van der Waals surface area contributed by atoms with Gasteiger partial charge in [-0.05, 0) is 56.7 Å². The molecule has 0 bridgehead atoms. The van der Waals surface area contributed by atoms with Crippen molar-refractivity contribution in [3.05, 3.63) is 59.7 Å². The fourth-order valence-corrected chi connectivity index (χ4v) is 3.74. The van der Waals surface area contributed by atoms with Crippen LogP contribution < -0.4 is 9.80 Å². The van der Waals surface area contributed by atoms with Crippen LogP contribution in [0.5, 0.6) is 0 Å². The second-order valence-electron chi connectivity index (χ2n) is 6.97. The second kappa shape index (κ2) is 7.82. The number of hydrogen-bond acceptors (Lipinski definition) is 4. The predicted molar refractivity (Wildman–Crippen MR) is 107 cm³/mol. The van der Waals surface area contributed by atoms with Gasteiger partial charge in [0.25, 0.3) is 5.91 Å². The highest BCUT2D eigenvalue weighted by Crippen LogP contribution is 2.34. The van der Waals surface area contributed by atoms with E-state index < -0.39 is 12.0 Å². The van der Waals surface area contributed by atoms with Gasteiger partial charge >= 0.3 is 5.97 Å². The van der Waals surface area contributed by atoms with Crippen LogP contribution in [0.1, 0.15) is 36.7 Å². The lowest BCUT2D eigenvalue weighted by molar-refractivity contribution is -0.141. The maximum absolute atomic E-state index is 13.2. The van der Waals surface area contributed by atoms with Crippen molar-refractivity contribution in [2.24, 2.45) is 0 Å². The van der Waals surface area contributed by atoms with Crippen LogP contribution in [0, 0.1) is 0 Å². The Balaban J connectivity index is 1.92. The van der Waals surface area contributed by atoms with Crippen molar-refractivity contribution in [1.29, 1.82) is 0 Å². The maximum Gasteiger partial charge on any atom is 0.329 e. The number of ether oxygens (including phenoxy) is 1. The Hall–Kier alpha value is -2.82. The molecule has 0 fully saturated rings. The third-order valence-electron chi connectivity index (χ3n) is 5.08. The zero-order chi connectivity index (χ0) is 19.6. The van der Waals surface area contributed by atoms with E-state index in [-0.39, 0.29) is 5.91 Å². The zero-order valence-corrected chi connectivity index (χ0v) is 16.3. The molecule has 0 spiro atoms. The molecule has 1 atom stereocenters. The highest BCUT2D eigenvalue weighted by molar-refractivity contribution is 6.11. The van der Waals surface area contributed by atoms with Crippen molar-refractivity contribution in [2.75, 3.05) is 23.5 Å². The SMILES string of the molecule is CCN(c1ccc(C(=O)N2c3ccccc3CC2C(=O)OC)cc1)C(C)C. The van der Waals surface area contributed by atoms with E-state index in [2.05, 4.69) is 25.7 Å². The quantitative estimate of drug-likeness (QED) is 0.758. The molecular weight excluding hydrogens is 340 g/mol. The van der Waals surface area contributed by atoms with Crippen molar-refractivity contribution in [3.63, 3.8) is 0 Å². The number of methoxy groups -OCH3 is 1. The van der Waals surface area contributed by atoms with Crippen LogP contribution in [0.25, 0.3) is 0 Å². The minimum Gasteiger partial charge on any atom is -0.467 e. The highest BCUT2D eigenvalue weighted by Gasteiger charge is 2.39. The molecule has 0 saturated carbocycles. The molecule has 1 aliphatic rings. The number of esters is 1. The van der Waals surface area contributed by atoms with Crippen LogP contribution in [0.15, 0.2) is 48.5 Å². The number of amides is 1. The molecule has 2 aromatic carbocycles. The van der Waals surface area contributed by atoms with Crippen molar-refractivity contribution < 1.29 is 14.3 Å². The standard InChI is InChI=1S/C22H26N2O3/c1-5-23(15(2)3)18-12-10-16(11-13-18)21(25)24-19-9-7-6-8-17(19)14-20(24)22(26)27-4/h6-13,15,20H,5,14H2,1-4H3. The molecular formula is C22H26N2O3. The summed E-state index contributed by atoms with van der Waals surface area (Å²) in [5, 5.41) is 0. The van der Waals surface area contributed by atoms with Crippen LogP contribution in [0.3, 0.4) is 0 Å². The van der Waals surface area contributed by atoms with Gasteiger partial charge in [0.1, 0.15) is 6.04 Å². The van der Waals surface area contributed by atoms with Gasteiger partial charge in [-0.15, -0.1) is 0 Å². The smallest absolute Gasteiger partial charge is 0.329 e. The molecule has 0 saturated heterocycles. The van der Waals surface area contributed by atoms with Crippen molar-refractivity contribution >= 4 is 23.3 Å². The van der Waals surface area contributed by atoms with Gasteiger partial charge in [0.2, 0.25) is 0 Å². The molecule has 1 heterocycles. The number of nitrogens with zero attached hydrogens (tertiary/aromatic N) is 2. The average Bonchev–Trinajstić information content (AvgIpc) is 3.07. The molecule has 142 valence electrons. The van der Waals surface area contributed by atoms with Crippen LogP contribution in [0.4, 0.5) is 11.4 Å². The summed E-state index contributed by atoms with van der Waals surface area (Å²) in [4.78, 5) is 29.3. The molecule has 1 amide bonds. The van der Waals surface area contributed by atoms with E-state index in [1.54, 1.807) is 4.90 Å². The van der Waals surface area contributed by atoms with Gasteiger partial charge in [-0.25, -0.2) is 4.79 Å². The molecule has 27 heavy (non-hydrogen) atoms. The van der Waals surface area contributed by atoms with Gasteiger partial charge in [0.15, 0.2) is 0 Å². The average molecular weight is 366 g/mol. The number of anilines is 2. The van der Waals surface area contributed by atoms with Gasteiger partial charge in [0.05, 0.1) is 7.11 Å². The summed E-state index contributed by atoms with van der Waals surface area (Å²) in [5.74, 6) is -0.581. The lowest BCUT2D eigenvalue weighted by atomic mass is 10.1. The summed E-state index contributed by atoms with van der Waals surface area (Å²) in [6.07, 6.45) is 0.476. The van der Waals surface area contributed by atoms with Crippen LogP contribution >= 0.6 is 0 Å². The van der Waals surface area contributed by atoms with E-state index >= 15 is 0 Å². The Labute approximate surface area is 160 Å². The molecule has 5 nitrogen and oxygen atoms in total. The van der Waals surface area contributed by atoms with Crippen LogP contribution in [-0.4, -0.2) is 37.6 Å². The van der Waals surface area contributed by atoms with E-state index in [0.717, 1.165) is 23.5 Å². The van der Waals surface area contributed by atoms with Crippen molar-refractivity contribution in [1.82, 2.24) is 0 Å². The highest BCUT2D eigenvalue weighted by atomic mass is 16.5. The lowest BCUT2D eigenvalue weighted by Gasteiger charge is -2.28. The first-order valence-corrected chi connectivity index (χ1v) is 9.34. The molecule has 3 rings (SSSR count). The Morgan fingerprint density at radius 3 is 2.41 bits per heavy atom. The lowest BCUT2D eigenvalue weighted by Crippen LogP contribution is -2.43. The van der Waals surface area contributed by atoms with Gasteiger partial charge in [-0.2, -0.15) is 0 Å². The zero-order valence-electron chi connectivity index (χ0n) is 16.3. The molecule has 1 unspecified atom stereocenters. The number of para-hydroxylation sites is 1. The maximum atomic E-state index is 13.2. The summed E-state index contributed by atoms with van der Waals surface area (Å²) >= 11 is 0. The summed E-state index contributed by atoms with van der Waals surface area (Å²) < 4.78 is 4.93. The first kappa shape index (κ1) is 19.0. The molecule has 0 radical (unpaired) electrons. The minimum absolute atomic E-state index is 0.186. The topological polar surface area (TPSA) is 49.9 Å². The fraction of sp³-hybridized carbons (Fsp3) is 0.364. The summed E-state index contributed by atoms with van der Waals surface area (Å²) in [7, 11) is 1.36. The Bertz CT molecular complexity index is 830. The largest absolute Gasteiger partial charge is 0.467 e. The van der Waals surface area contributed by atoms with Gasteiger partial charge in [0, 0.05) is 35.9 Å². The number of carbonyl (C=O) groups is 2. The molecule has 0 aromatic heterocycles. The number of fused-ring (bicyclic) bond motifs is 1. The third-order valence-corrected chi connectivity index (χ3v) is 5.08. The Morgan fingerprint density at radius 1 is 1.15 bits per heavy atom. The van der Waals surface area contributed by atoms with Crippen LogP contribution in [-0.2, 0) is 16.0 Å². The first-order chi connectivity index (χ1) is 13.0. The summed E-state index contributed by atoms with van der Waals surface area (Å²) in [5.41, 5.74) is 3.40. The van der Waals surface area contributed by atoms with E-state index in [1.807, 2.05) is 48.5 Å². The molecule has 0 aliphatic carbocycles. The van der Waals surface area contributed by atoms with Gasteiger partial charge < -0.3 is 9.64 Å². The fourth-order valence-electron chi connectivity index (χ4n) is 3.74. The van der Waals surface area contributed by atoms with Crippen molar-refractivity contribution in [3.8, 4) is 0 Å². The van der Waals surface area contributed by atoms with E-state index in [4.69, 9.17) is 4.74 Å². The van der Waals surface area contributed by atoms with Crippen molar-refractivity contribution in [2.45, 2.75) is 39.3 Å². The minimum atomic E-state index is -0.623. The molecule has 2 aromatic rings. The summed E-state index contributed by atoms with van der Waals surface area (Å²) in [6, 6.07) is 15.0. The summed E-state index contributed by atoms with van der Waals surface area (Å²) in [6.45, 7) is 7.30. The molecule has 0 N–H and O–H groups in total. The van der Waals surface area contributed by atoms with E-state index in [9.17, 15) is 9.59 Å². The molecule has 5 heteroatoms. The predicted octanol–water partition coefficient (Wildman–Crippen LogP) is 3.67. The Kier molecular flexibility index (Phi) is 5.49. The van der Waals surface area contributed by atoms with E-state index in [0.29, 0.717) is 18.0 Å². The van der Waals surface area contributed by atoms with Crippen LogP contribution in [0.2, 0.25) is 0 Å². The molecule has 1 aliphatic heterocycles. The first-order valence-electron chi connectivity index (χ1n) is 9.34. The number of benzene rings is 2. The van der Waals surface area contributed by atoms with E-state index in [1.165, 1.54) is 7.11 Å². The number of carbonyl (C=O) groups excluding carboxylic acids is 2.